The average Bonchev–Trinajstić information content (AvgIpc) is 2.50. The van der Waals surface area contributed by atoms with E-state index in [9.17, 15) is 9.90 Å². The highest BCUT2D eigenvalue weighted by Crippen LogP contribution is 2.36. The number of carbonyl (C=O) groups excluding carboxylic acids is 1. The smallest absolute Gasteiger partial charge is 0.227 e. The van der Waals surface area contributed by atoms with Crippen LogP contribution in [0, 0.1) is 5.41 Å². The highest BCUT2D eigenvalue weighted by Gasteiger charge is 2.37. The van der Waals surface area contributed by atoms with Gasteiger partial charge in [0.1, 0.15) is 5.75 Å². The van der Waals surface area contributed by atoms with Crippen LogP contribution in [0.2, 0.25) is 0 Å². The van der Waals surface area contributed by atoms with Gasteiger partial charge in [0.15, 0.2) is 0 Å². The van der Waals surface area contributed by atoms with E-state index in [1.807, 2.05) is 17.0 Å². The molecule has 0 radical (unpaired) electrons. The highest BCUT2D eigenvalue weighted by molar-refractivity contribution is 5.79. The molecule has 2 N–H and O–H groups in total. The van der Waals surface area contributed by atoms with Gasteiger partial charge < -0.3 is 15.3 Å². The van der Waals surface area contributed by atoms with Gasteiger partial charge in [-0.25, -0.2) is 0 Å². The molecule has 21 heavy (non-hydrogen) atoms. The highest BCUT2D eigenvalue weighted by atomic mass is 16.3. The molecule has 1 unspecified atom stereocenters. The Balaban J connectivity index is 1.62. The van der Waals surface area contributed by atoms with Gasteiger partial charge in [-0.15, -0.1) is 0 Å². The van der Waals surface area contributed by atoms with Gasteiger partial charge in [-0.05, 0) is 49.9 Å². The van der Waals surface area contributed by atoms with Gasteiger partial charge in [-0.2, -0.15) is 0 Å². The summed E-state index contributed by atoms with van der Waals surface area (Å²) in [5.74, 6) is 0.460. The number of amides is 1. The predicted octanol–water partition coefficient (Wildman–Crippen LogP) is 1.93. The van der Waals surface area contributed by atoms with Crippen molar-refractivity contribution in [3.8, 4) is 5.75 Å². The number of rotatable bonds is 2. The Morgan fingerprint density at radius 3 is 2.71 bits per heavy atom. The SMILES string of the molecule is O=C(Cc1ccc(O)cc1)N1CCCC2(CCCNC2)C1. The van der Waals surface area contributed by atoms with Crippen molar-refractivity contribution in [2.24, 2.45) is 5.41 Å². The van der Waals surface area contributed by atoms with Crippen molar-refractivity contribution in [3.63, 3.8) is 0 Å². The zero-order valence-electron chi connectivity index (χ0n) is 12.5. The Labute approximate surface area is 126 Å². The number of hydrogen-bond donors (Lipinski definition) is 2. The Bertz CT molecular complexity index is 487. The minimum absolute atomic E-state index is 0.213. The van der Waals surface area contributed by atoms with Crippen LogP contribution in [0.4, 0.5) is 0 Å². The number of likely N-dealkylation sites (tertiary alicyclic amines) is 1. The normalized spacial score (nSPS) is 26.0. The monoisotopic (exact) mass is 288 g/mol. The van der Waals surface area contributed by atoms with Crippen molar-refractivity contribution in [2.45, 2.75) is 32.1 Å². The van der Waals surface area contributed by atoms with E-state index in [-0.39, 0.29) is 11.7 Å². The fraction of sp³-hybridized carbons (Fsp3) is 0.588. The van der Waals surface area contributed by atoms with Crippen molar-refractivity contribution in [2.75, 3.05) is 26.2 Å². The van der Waals surface area contributed by atoms with Crippen molar-refractivity contribution in [1.29, 1.82) is 0 Å². The number of carbonyl (C=O) groups is 1. The third kappa shape index (κ3) is 3.38. The first kappa shape index (κ1) is 14.4. The van der Waals surface area contributed by atoms with Gasteiger partial charge in [0.25, 0.3) is 0 Å². The molecule has 0 aliphatic carbocycles. The molecule has 4 nitrogen and oxygen atoms in total. The van der Waals surface area contributed by atoms with Crippen LogP contribution in [0.25, 0.3) is 0 Å². The van der Waals surface area contributed by atoms with E-state index in [0.717, 1.165) is 38.2 Å². The Kier molecular flexibility index (Phi) is 4.15. The van der Waals surface area contributed by atoms with Crippen molar-refractivity contribution in [3.05, 3.63) is 29.8 Å². The summed E-state index contributed by atoms with van der Waals surface area (Å²) in [6.45, 7) is 3.95. The van der Waals surface area contributed by atoms with Gasteiger partial charge >= 0.3 is 0 Å². The molecule has 2 saturated heterocycles. The molecule has 2 fully saturated rings. The van der Waals surface area contributed by atoms with Crippen molar-refractivity contribution in [1.82, 2.24) is 10.2 Å². The molecule has 0 saturated carbocycles. The van der Waals surface area contributed by atoms with Gasteiger partial charge in [0.05, 0.1) is 6.42 Å². The number of phenols is 1. The maximum absolute atomic E-state index is 12.5. The second kappa shape index (κ2) is 6.06. The lowest BCUT2D eigenvalue weighted by Gasteiger charge is -2.45. The van der Waals surface area contributed by atoms with E-state index in [4.69, 9.17) is 0 Å². The first-order valence-corrected chi connectivity index (χ1v) is 7.93. The third-order valence-electron chi connectivity index (χ3n) is 4.87. The lowest BCUT2D eigenvalue weighted by Crippen LogP contribution is -2.52. The van der Waals surface area contributed by atoms with E-state index in [2.05, 4.69) is 5.32 Å². The minimum atomic E-state index is 0.213. The topological polar surface area (TPSA) is 52.6 Å². The van der Waals surface area contributed by atoms with E-state index in [1.54, 1.807) is 12.1 Å². The molecule has 0 bridgehead atoms. The molecule has 4 heteroatoms. The molecule has 1 amide bonds. The molecular weight excluding hydrogens is 264 g/mol. The van der Waals surface area contributed by atoms with Crippen LogP contribution >= 0.6 is 0 Å². The molecule has 2 heterocycles. The molecule has 0 aromatic heterocycles. The summed E-state index contributed by atoms with van der Waals surface area (Å²) >= 11 is 0. The van der Waals surface area contributed by atoms with E-state index in [0.29, 0.717) is 11.8 Å². The van der Waals surface area contributed by atoms with Crippen LogP contribution in [0.15, 0.2) is 24.3 Å². The van der Waals surface area contributed by atoms with E-state index < -0.39 is 0 Å². The molecule has 1 spiro atoms. The summed E-state index contributed by atoms with van der Waals surface area (Å²) < 4.78 is 0. The van der Waals surface area contributed by atoms with Crippen LogP contribution in [0.5, 0.6) is 5.75 Å². The van der Waals surface area contributed by atoms with Crippen LogP contribution in [0.3, 0.4) is 0 Å². The van der Waals surface area contributed by atoms with Crippen molar-refractivity contribution < 1.29 is 9.90 Å². The number of nitrogens with one attached hydrogen (secondary N) is 1. The van der Waals surface area contributed by atoms with Crippen LogP contribution in [0.1, 0.15) is 31.2 Å². The summed E-state index contributed by atoms with van der Waals surface area (Å²) in [4.78, 5) is 14.6. The lowest BCUT2D eigenvalue weighted by molar-refractivity contribution is -0.134. The largest absolute Gasteiger partial charge is 0.508 e. The Morgan fingerprint density at radius 2 is 2.00 bits per heavy atom. The maximum atomic E-state index is 12.5. The number of aromatic hydroxyl groups is 1. The summed E-state index contributed by atoms with van der Waals surface area (Å²) in [7, 11) is 0. The fourth-order valence-electron chi connectivity index (χ4n) is 3.70. The summed E-state index contributed by atoms with van der Waals surface area (Å²) in [5, 5.41) is 12.8. The second-order valence-electron chi connectivity index (χ2n) is 6.54. The number of piperidine rings is 2. The summed E-state index contributed by atoms with van der Waals surface area (Å²) in [5.41, 5.74) is 1.28. The first-order chi connectivity index (χ1) is 10.2. The summed E-state index contributed by atoms with van der Waals surface area (Å²) in [6, 6.07) is 6.95. The number of hydrogen-bond acceptors (Lipinski definition) is 3. The molecular formula is C17H24N2O2. The molecule has 2 aliphatic rings. The predicted molar refractivity (Wildman–Crippen MR) is 82.2 cm³/mol. The quantitative estimate of drug-likeness (QED) is 0.874. The number of nitrogens with zero attached hydrogens (tertiary/aromatic N) is 1. The molecule has 114 valence electrons. The Morgan fingerprint density at radius 1 is 1.24 bits per heavy atom. The summed E-state index contributed by atoms with van der Waals surface area (Å²) in [6.07, 6.45) is 5.25. The van der Waals surface area contributed by atoms with Crippen LogP contribution < -0.4 is 5.32 Å². The first-order valence-electron chi connectivity index (χ1n) is 7.93. The second-order valence-corrected chi connectivity index (χ2v) is 6.54. The zero-order chi connectivity index (χ0) is 14.7. The molecule has 2 aliphatic heterocycles. The third-order valence-corrected chi connectivity index (χ3v) is 4.87. The number of benzene rings is 1. The van der Waals surface area contributed by atoms with Crippen molar-refractivity contribution >= 4 is 5.91 Å². The number of phenolic OH excluding ortho intramolecular Hbond substituents is 1. The van der Waals surface area contributed by atoms with E-state index >= 15 is 0 Å². The molecule has 1 atom stereocenters. The maximum Gasteiger partial charge on any atom is 0.227 e. The van der Waals surface area contributed by atoms with Gasteiger partial charge in [0.2, 0.25) is 5.91 Å². The molecule has 3 rings (SSSR count). The van der Waals surface area contributed by atoms with Gasteiger partial charge in [0, 0.05) is 25.0 Å². The Hall–Kier alpha value is -1.55. The zero-order valence-corrected chi connectivity index (χ0v) is 12.5. The minimum Gasteiger partial charge on any atom is -0.508 e. The molecule has 1 aromatic rings. The fourth-order valence-corrected chi connectivity index (χ4v) is 3.70. The van der Waals surface area contributed by atoms with E-state index in [1.165, 1.54) is 19.3 Å². The van der Waals surface area contributed by atoms with Crippen LogP contribution in [-0.4, -0.2) is 42.1 Å². The molecule has 1 aromatic carbocycles. The van der Waals surface area contributed by atoms with Gasteiger partial charge in [-0.1, -0.05) is 12.1 Å². The average molecular weight is 288 g/mol. The van der Waals surface area contributed by atoms with Crippen LogP contribution in [-0.2, 0) is 11.2 Å². The lowest BCUT2D eigenvalue weighted by atomic mass is 9.74. The standard InChI is InChI=1S/C17H24N2O2/c20-15-5-3-14(4-6-15)11-16(21)19-10-2-8-17(13-19)7-1-9-18-12-17/h3-6,18,20H,1-2,7-13H2. The van der Waals surface area contributed by atoms with Gasteiger partial charge in [-0.3, -0.25) is 4.79 Å².